The van der Waals surface area contributed by atoms with Crippen molar-refractivity contribution >= 4 is 11.5 Å². The summed E-state index contributed by atoms with van der Waals surface area (Å²) in [6.45, 7) is 2.17. The summed E-state index contributed by atoms with van der Waals surface area (Å²) in [7, 11) is 0. The Balaban J connectivity index is 1.62. The number of rotatable bonds is 6. The van der Waals surface area contributed by atoms with Gasteiger partial charge in [0.05, 0.1) is 6.61 Å². The van der Waals surface area contributed by atoms with Crippen LogP contribution in [0, 0.1) is 0 Å². The topological polar surface area (TPSA) is 47.9 Å². The number of nitrogens with zero attached hydrogens (tertiary/aromatic N) is 1. The summed E-state index contributed by atoms with van der Waals surface area (Å²) in [5.41, 5.74) is 0.545. The second-order valence-corrected chi connectivity index (χ2v) is 4.33. The van der Waals surface area contributed by atoms with Crippen molar-refractivity contribution in [2.24, 2.45) is 5.16 Å². The van der Waals surface area contributed by atoms with E-state index in [0.717, 1.165) is 18.6 Å². The van der Waals surface area contributed by atoms with E-state index in [-0.39, 0.29) is 11.9 Å². The van der Waals surface area contributed by atoms with Gasteiger partial charge in [-0.05, 0) is 25.0 Å². The summed E-state index contributed by atoms with van der Waals surface area (Å²) >= 11 is 0. The molecule has 0 amide bonds. The molecule has 4 heteroatoms. The molecule has 0 spiro atoms. The predicted octanol–water partition coefficient (Wildman–Crippen LogP) is 2.58. The highest BCUT2D eigenvalue weighted by atomic mass is 16.6. The van der Waals surface area contributed by atoms with E-state index in [0.29, 0.717) is 18.7 Å². The molecular weight excluding hydrogens is 230 g/mol. The van der Waals surface area contributed by atoms with Crippen molar-refractivity contribution in [2.75, 3.05) is 6.61 Å². The van der Waals surface area contributed by atoms with Crippen LogP contribution in [0.3, 0.4) is 0 Å². The first-order valence-electron chi connectivity index (χ1n) is 6.17. The highest BCUT2D eigenvalue weighted by Crippen LogP contribution is 2.16. The lowest BCUT2D eigenvalue weighted by Crippen LogP contribution is -2.13. The fraction of sp³-hybridized carbons (Fsp3) is 0.429. The highest BCUT2D eigenvalue weighted by molar-refractivity contribution is 6.39. The minimum absolute atomic E-state index is 0.00182. The third-order valence-corrected chi connectivity index (χ3v) is 2.82. The van der Waals surface area contributed by atoms with E-state index >= 15 is 0 Å². The Morgan fingerprint density at radius 1 is 1.44 bits per heavy atom. The van der Waals surface area contributed by atoms with Crippen LogP contribution in [0.15, 0.2) is 35.5 Å². The Morgan fingerprint density at radius 3 is 2.89 bits per heavy atom. The Bertz CT molecular complexity index is 428. The molecule has 1 heterocycles. The van der Waals surface area contributed by atoms with Crippen molar-refractivity contribution in [3.05, 3.63) is 30.3 Å². The van der Waals surface area contributed by atoms with E-state index in [2.05, 4.69) is 5.16 Å². The molecule has 0 aliphatic carbocycles. The number of ketones is 1. The number of hydrogen-bond acceptors (Lipinski definition) is 4. The fourth-order valence-corrected chi connectivity index (χ4v) is 1.81. The Hall–Kier alpha value is -1.84. The fourth-order valence-electron chi connectivity index (χ4n) is 1.81. The molecule has 18 heavy (non-hydrogen) atoms. The first kappa shape index (κ1) is 12.6. The number of carbonyl (C=O) groups excluding carboxylic acids is 1. The summed E-state index contributed by atoms with van der Waals surface area (Å²) in [4.78, 5) is 16.3. The smallest absolute Gasteiger partial charge is 0.177 e. The molecule has 2 rings (SSSR count). The average Bonchev–Trinajstić information content (AvgIpc) is 2.85. The van der Waals surface area contributed by atoms with Crippen LogP contribution < -0.4 is 4.74 Å². The van der Waals surface area contributed by atoms with E-state index in [1.54, 1.807) is 0 Å². The van der Waals surface area contributed by atoms with Crippen LogP contribution in [0.5, 0.6) is 5.75 Å². The molecule has 96 valence electrons. The van der Waals surface area contributed by atoms with Crippen LogP contribution in [-0.4, -0.2) is 24.2 Å². The van der Waals surface area contributed by atoms with Crippen LogP contribution in [-0.2, 0) is 9.63 Å². The number of oxime groups is 1. The molecule has 0 radical (unpaired) electrons. The zero-order chi connectivity index (χ0) is 12.8. The number of ether oxygens (including phenoxy) is 1. The molecule has 0 saturated carbocycles. The highest BCUT2D eigenvalue weighted by Gasteiger charge is 2.23. The van der Waals surface area contributed by atoms with Crippen LogP contribution in [0.4, 0.5) is 0 Å². The molecule has 0 N–H and O–H groups in total. The monoisotopic (exact) mass is 247 g/mol. The molecule has 0 bridgehead atoms. The first-order valence-corrected chi connectivity index (χ1v) is 6.17. The van der Waals surface area contributed by atoms with Gasteiger partial charge in [0.25, 0.3) is 0 Å². The summed E-state index contributed by atoms with van der Waals surface area (Å²) in [5.74, 6) is 0.878. The van der Waals surface area contributed by atoms with Crippen LogP contribution in [0.1, 0.15) is 26.2 Å². The standard InChI is InChI=1S/C14H17NO3/c1-11(16)14-10-13(18-15-14)8-5-9-17-12-6-3-2-4-7-12/h2-4,6-7,13H,5,8-10H2,1H3. The van der Waals surface area contributed by atoms with Crippen LogP contribution in [0.2, 0.25) is 0 Å². The zero-order valence-electron chi connectivity index (χ0n) is 10.5. The zero-order valence-corrected chi connectivity index (χ0v) is 10.5. The van der Waals surface area contributed by atoms with Crippen molar-refractivity contribution in [3.8, 4) is 5.75 Å². The van der Waals surface area contributed by atoms with Gasteiger partial charge in [0, 0.05) is 13.3 Å². The molecule has 1 atom stereocenters. The number of carbonyl (C=O) groups is 1. The molecular formula is C14H17NO3. The number of Topliss-reactive ketones (excluding diaryl/α,β-unsaturated/α-hetero) is 1. The van der Waals surface area contributed by atoms with E-state index < -0.39 is 0 Å². The third-order valence-electron chi connectivity index (χ3n) is 2.82. The van der Waals surface area contributed by atoms with Gasteiger partial charge in [-0.15, -0.1) is 0 Å². The molecule has 1 unspecified atom stereocenters. The maximum Gasteiger partial charge on any atom is 0.177 e. The van der Waals surface area contributed by atoms with E-state index in [1.165, 1.54) is 6.92 Å². The molecule has 0 fully saturated rings. The maximum atomic E-state index is 11.1. The van der Waals surface area contributed by atoms with Gasteiger partial charge < -0.3 is 9.57 Å². The second kappa shape index (κ2) is 6.19. The minimum atomic E-state index is -0.00182. The van der Waals surface area contributed by atoms with E-state index in [1.807, 2.05) is 30.3 Å². The maximum absolute atomic E-state index is 11.1. The largest absolute Gasteiger partial charge is 0.494 e. The van der Waals surface area contributed by atoms with Gasteiger partial charge in [0.2, 0.25) is 0 Å². The van der Waals surface area contributed by atoms with Gasteiger partial charge in [-0.3, -0.25) is 4.79 Å². The lowest BCUT2D eigenvalue weighted by Gasteiger charge is -2.09. The molecule has 1 aromatic rings. The van der Waals surface area contributed by atoms with Crippen LogP contribution >= 0.6 is 0 Å². The van der Waals surface area contributed by atoms with Crippen molar-refractivity contribution < 1.29 is 14.4 Å². The summed E-state index contributed by atoms with van der Waals surface area (Å²) < 4.78 is 5.58. The number of benzene rings is 1. The quantitative estimate of drug-likeness (QED) is 0.726. The molecule has 0 saturated heterocycles. The molecule has 1 aliphatic heterocycles. The van der Waals surface area contributed by atoms with E-state index in [4.69, 9.17) is 9.57 Å². The lowest BCUT2D eigenvalue weighted by atomic mass is 10.1. The Labute approximate surface area is 107 Å². The molecule has 0 aromatic heterocycles. The second-order valence-electron chi connectivity index (χ2n) is 4.33. The van der Waals surface area contributed by atoms with Gasteiger partial charge in [0.15, 0.2) is 5.78 Å². The van der Waals surface area contributed by atoms with Crippen molar-refractivity contribution in [1.29, 1.82) is 0 Å². The average molecular weight is 247 g/mol. The molecule has 1 aliphatic rings. The van der Waals surface area contributed by atoms with Crippen molar-refractivity contribution in [3.63, 3.8) is 0 Å². The van der Waals surface area contributed by atoms with Gasteiger partial charge in [0.1, 0.15) is 17.6 Å². The molecule has 4 nitrogen and oxygen atoms in total. The summed E-state index contributed by atoms with van der Waals surface area (Å²) in [6, 6.07) is 9.72. The summed E-state index contributed by atoms with van der Waals surface area (Å²) in [5, 5.41) is 3.78. The van der Waals surface area contributed by atoms with Crippen LogP contribution in [0.25, 0.3) is 0 Å². The summed E-state index contributed by atoms with van der Waals surface area (Å²) in [6.07, 6.45) is 2.40. The third kappa shape index (κ3) is 3.58. The molecule has 1 aromatic carbocycles. The SMILES string of the molecule is CC(=O)C1=NOC(CCCOc2ccccc2)C1. The van der Waals surface area contributed by atoms with Gasteiger partial charge in [-0.1, -0.05) is 23.4 Å². The normalized spacial score (nSPS) is 18.1. The lowest BCUT2D eigenvalue weighted by molar-refractivity contribution is -0.111. The number of hydrogen-bond donors (Lipinski definition) is 0. The van der Waals surface area contributed by atoms with Gasteiger partial charge in [-0.2, -0.15) is 0 Å². The van der Waals surface area contributed by atoms with E-state index in [9.17, 15) is 4.79 Å². The minimum Gasteiger partial charge on any atom is -0.494 e. The predicted molar refractivity (Wildman–Crippen MR) is 68.8 cm³/mol. The van der Waals surface area contributed by atoms with Crippen molar-refractivity contribution in [2.45, 2.75) is 32.3 Å². The van der Waals surface area contributed by atoms with Crippen molar-refractivity contribution in [1.82, 2.24) is 0 Å². The Kier molecular flexibility index (Phi) is 4.34. The number of para-hydroxylation sites is 1. The Morgan fingerprint density at radius 2 is 2.22 bits per heavy atom. The van der Waals surface area contributed by atoms with Gasteiger partial charge in [-0.25, -0.2) is 0 Å². The first-order chi connectivity index (χ1) is 8.75. The van der Waals surface area contributed by atoms with Gasteiger partial charge >= 0.3 is 0 Å².